The second-order valence-corrected chi connectivity index (χ2v) is 13.3. The average Bonchev–Trinajstić information content (AvgIpc) is 3.18. The maximum atomic E-state index is 12.9. The number of carbonyl (C=O) groups is 4. The van der Waals surface area contributed by atoms with Crippen molar-refractivity contribution in [2.75, 3.05) is 59.4 Å². The van der Waals surface area contributed by atoms with E-state index < -0.39 is 48.6 Å². The van der Waals surface area contributed by atoms with Crippen LogP contribution in [0.25, 0.3) is 0 Å². The molecule has 0 saturated heterocycles. The standard InChI is InChI=1S/C21H26ClNO5.C20H25ClN2O5/c1-4-10-27-12-16-20(21(26)28-5-2)19(14-8-6-7-9-15(14)22)18(13(3)23-16)17(25)11-24;1-3-28-20(26)19-15(11-27-9-8-22)23-12(2)17(16(25)10-24)18(19)13-6-4-5-7-14(13)21/h6-9,19,23-24H,4-5,10-12H2,1-3H3;4-7,18,23-24H,3,8-11,22H2,1-2H3. The molecule has 2 aromatic rings. The third kappa shape index (κ3) is 11.4. The number of dihydropyridines is 2. The van der Waals surface area contributed by atoms with Crippen molar-refractivity contribution >= 4 is 46.7 Å². The molecule has 0 saturated carbocycles. The first-order valence-corrected chi connectivity index (χ1v) is 19.1. The summed E-state index contributed by atoms with van der Waals surface area (Å²) < 4.78 is 21.7. The number of benzene rings is 2. The lowest BCUT2D eigenvalue weighted by molar-refractivity contribution is -0.140. The van der Waals surface area contributed by atoms with Gasteiger partial charge in [-0.2, -0.15) is 0 Å². The van der Waals surface area contributed by atoms with Crippen LogP contribution in [0.5, 0.6) is 0 Å². The highest BCUT2D eigenvalue weighted by molar-refractivity contribution is 6.32. The second kappa shape index (κ2) is 23.0. The minimum atomic E-state index is -0.787. The van der Waals surface area contributed by atoms with Gasteiger partial charge >= 0.3 is 11.9 Å². The van der Waals surface area contributed by atoms with E-state index in [1.54, 1.807) is 76.2 Å². The zero-order valence-corrected chi connectivity index (χ0v) is 33.9. The highest BCUT2D eigenvalue weighted by Gasteiger charge is 2.40. The molecule has 0 amide bonds. The van der Waals surface area contributed by atoms with Gasteiger partial charge in [-0.25, -0.2) is 9.59 Å². The molecular formula is C41H51Cl2N3O10. The number of carbonyl (C=O) groups excluding carboxylic acids is 4. The van der Waals surface area contributed by atoms with Crippen LogP contribution in [0, 0.1) is 0 Å². The van der Waals surface area contributed by atoms with Crippen molar-refractivity contribution in [3.8, 4) is 0 Å². The number of esters is 2. The van der Waals surface area contributed by atoms with Crippen LogP contribution >= 0.6 is 23.2 Å². The van der Waals surface area contributed by atoms with Gasteiger partial charge in [-0.1, -0.05) is 66.5 Å². The molecular weight excluding hydrogens is 765 g/mol. The van der Waals surface area contributed by atoms with E-state index in [9.17, 15) is 29.4 Å². The van der Waals surface area contributed by atoms with Gasteiger partial charge < -0.3 is 45.5 Å². The predicted molar refractivity (Wildman–Crippen MR) is 213 cm³/mol. The van der Waals surface area contributed by atoms with E-state index in [2.05, 4.69) is 10.6 Å². The minimum Gasteiger partial charge on any atom is -0.463 e. The van der Waals surface area contributed by atoms with Gasteiger partial charge in [0.05, 0.1) is 55.6 Å². The van der Waals surface area contributed by atoms with Crippen molar-refractivity contribution < 1.29 is 48.3 Å². The van der Waals surface area contributed by atoms with Crippen molar-refractivity contribution in [3.05, 3.63) is 115 Å². The number of ketones is 2. The maximum absolute atomic E-state index is 12.9. The summed E-state index contributed by atoms with van der Waals surface area (Å²) in [4.78, 5) is 50.9. The molecule has 13 nitrogen and oxygen atoms in total. The quantitative estimate of drug-likeness (QED) is 0.102. The number of rotatable bonds is 18. The van der Waals surface area contributed by atoms with Crippen LogP contribution in [0.15, 0.2) is 93.6 Å². The molecule has 2 heterocycles. The molecule has 2 aromatic carbocycles. The first kappa shape index (κ1) is 46.0. The summed E-state index contributed by atoms with van der Waals surface area (Å²) in [6.07, 6.45) is 0.832. The lowest BCUT2D eigenvalue weighted by Gasteiger charge is -2.32. The van der Waals surface area contributed by atoms with Crippen LogP contribution in [0.1, 0.15) is 64.0 Å². The number of aliphatic hydroxyl groups is 2. The van der Waals surface area contributed by atoms with E-state index in [1.807, 2.05) is 6.92 Å². The number of allylic oxidation sites excluding steroid dienone is 2. The van der Waals surface area contributed by atoms with Gasteiger partial charge in [0, 0.05) is 57.6 Å². The average molecular weight is 817 g/mol. The SMILES string of the molecule is CCCOCC1=C(C(=O)OCC)C(c2ccccc2Cl)C(C(=O)CO)=C(C)N1.CCOC(=O)C1=C(COCCN)NC(C)=C(C(=O)CO)C1c1ccccc1Cl. The van der Waals surface area contributed by atoms with Crippen LogP contribution in [-0.4, -0.2) is 93.1 Å². The first-order valence-electron chi connectivity index (χ1n) is 18.3. The summed E-state index contributed by atoms with van der Waals surface area (Å²) in [6, 6.07) is 14.0. The molecule has 2 aliphatic heterocycles. The maximum Gasteiger partial charge on any atom is 0.336 e. The molecule has 0 spiro atoms. The van der Waals surface area contributed by atoms with Gasteiger partial charge in [0.1, 0.15) is 13.2 Å². The monoisotopic (exact) mass is 815 g/mol. The molecule has 304 valence electrons. The van der Waals surface area contributed by atoms with Crippen LogP contribution in [0.4, 0.5) is 0 Å². The number of hydrogen-bond donors (Lipinski definition) is 5. The second-order valence-electron chi connectivity index (χ2n) is 12.5. The zero-order chi connectivity index (χ0) is 41.4. The lowest BCUT2D eigenvalue weighted by atomic mass is 9.78. The van der Waals surface area contributed by atoms with Crippen LogP contribution in [0.2, 0.25) is 10.0 Å². The number of ether oxygens (including phenoxy) is 4. The van der Waals surface area contributed by atoms with Gasteiger partial charge in [0.2, 0.25) is 0 Å². The van der Waals surface area contributed by atoms with E-state index in [-0.39, 0.29) is 48.7 Å². The van der Waals surface area contributed by atoms with Crippen molar-refractivity contribution in [1.29, 1.82) is 0 Å². The van der Waals surface area contributed by atoms with Crippen LogP contribution in [0.3, 0.4) is 0 Å². The third-order valence-corrected chi connectivity index (χ3v) is 9.39. The zero-order valence-electron chi connectivity index (χ0n) is 32.3. The Balaban J connectivity index is 0.000000300. The molecule has 0 bridgehead atoms. The largest absolute Gasteiger partial charge is 0.463 e. The highest BCUT2D eigenvalue weighted by atomic mass is 35.5. The van der Waals surface area contributed by atoms with Gasteiger partial charge in [-0.15, -0.1) is 0 Å². The molecule has 4 rings (SSSR count). The summed E-state index contributed by atoms with van der Waals surface area (Å²) in [6.45, 7) is 9.26. The normalized spacial score (nSPS) is 16.8. The van der Waals surface area contributed by atoms with E-state index >= 15 is 0 Å². The predicted octanol–water partition coefficient (Wildman–Crippen LogP) is 4.76. The van der Waals surface area contributed by atoms with Gasteiger partial charge in [-0.05, 0) is 57.4 Å². The molecule has 0 aliphatic carbocycles. The summed E-state index contributed by atoms with van der Waals surface area (Å²) >= 11 is 12.8. The number of hydrogen-bond acceptors (Lipinski definition) is 13. The van der Waals surface area contributed by atoms with Gasteiger partial charge in [0.15, 0.2) is 11.6 Å². The number of halogens is 2. The van der Waals surface area contributed by atoms with Crippen molar-refractivity contribution in [2.24, 2.45) is 5.73 Å². The van der Waals surface area contributed by atoms with E-state index in [1.165, 1.54) is 0 Å². The molecule has 2 aliphatic rings. The summed E-state index contributed by atoms with van der Waals surface area (Å²) in [5.74, 6) is -3.66. The van der Waals surface area contributed by atoms with Crippen LogP contribution < -0.4 is 16.4 Å². The van der Waals surface area contributed by atoms with Crippen molar-refractivity contribution in [3.63, 3.8) is 0 Å². The van der Waals surface area contributed by atoms with Gasteiger partial charge in [-0.3, -0.25) is 9.59 Å². The Labute approximate surface area is 337 Å². The molecule has 0 radical (unpaired) electrons. The number of nitrogens with one attached hydrogen (secondary N) is 2. The molecule has 2 unspecified atom stereocenters. The molecule has 6 N–H and O–H groups in total. The van der Waals surface area contributed by atoms with Gasteiger partial charge in [0.25, 0.3) is 0 Å². The smallest absolute Gasteiger partial charge is 0.336 e. The summed E-state index contributed by atoms with van der Waals surface area (Å²) in [5, 5.41) is 26.0. The Bertz CT molecular complexity index is 1740. The molecule has 0 aromatic heterocycles. The van der Waals surface area contributed by atoms with Crippen molar-refractivity contribution in [1.82, 2.24) is 10.6 Å². The summed E-state index contributed by atoms with van der Waals surface area (Å²) in [5.41, 5.74) is 9.77. The van der Waals surface area contributed by atoms with E-state index in [4.69, 9.17) is 47.9 Å². The van der Waals surface area contributed by atoms with E-state index in [0.29, 0.717) is 63.7 Å². The minimum absolute atomic E-state index is 0.0875. The molecule has 15 heteroatoms. The van der Waals surface area contributed by atoms with E-state index in [0.717, 1.165) is 6.42 Å². The fourth-order valence-corrected chi connectivity index (χ4v) is 6.94. The van der Waals surface area contributed by atoms with Crippen LogP contribution in [-0.2, 0) is 38.1 Å². The fraction of sp³-hybridized carbons (Fsp3) is 0.415. The Morgan fingerprint density at radius 1 is 0.661 bits per heavy atom. The lowest BCUT2D eigenvalue weighted by Crippen LogP contribution is -2.35. The number of nitrogens with two attached hydrogens (primary N) is 1. The molecule has 0 fully saturated rings. The van der Waals surface area contributed by atoms with Crippen molar-refractivity contribution in [2.45, 2.75) is 52.9 Å². The number of Topliss-reactive ketones (excluding diaryl/α,β-unsaturated/α-hetero) is 2. The molecule has 56 heavy (non-hydrogen) atoms. The number of aliphatic hydroxyl groups excluding tert-OH is 2. The highest BCUT2D eigenvalue weighted by Crippen LogP contribution is 2.43. The molecule has 2 atom stereocenters. The summed E-state index contributed by atoms with van der Waals surface area (Å²) in [7, 11) is 0. The fourth-order valence-electron chi connectivity index (χ4n) is 6.45. The Hall–Kier alpha value is -4.34. The Morgan fingerprint density at radius 3 is 1.39 bits per heavy atom. The Kier molecular flexibility index (Phi) is 18.9. The topological polar surface area (TPSA) is 196 Å². The Morgan fingerprint density at radius 2 is 1.05 bits per heavy atom. The third-order valence-electron chi connectivity index (χ3n) is 8.70. The first-order chi connectivity index (χ1) is 26.9.